The molecule has 0 saturated heterocycles. The Kier molecular flexibility index (Phi) is 5.17. The summed E-state index contributed by atoms with van der Waals surface area (Å²) < 4.78 is 4.58. The Hall–Kier alpha value is -1.63. The lowest BCUT2D eigenvalue weighted by molar-refractivity contribution is -0.130. The summed E-state index contributed by atoms with van der Waals surface area (Å²) >= 11 is 3.48. The maximum atomic E-state index is 12.2. The van der Waals surface area contributed by atoms with E-state index in [1.165, 1.54) is 0 Å². The molecule has 2 aromatic heterocycles. The van der Waals surface area contributed by atoms with Crippen LogP contribution < -0.4 is 0 Å². The quantitative estimate of drug-likeness (QED) is 0.799. The van der Waals surface area contributed by atoms with Crippen molar-refractivity contribution in [2.24, 2.45) is 0 Å². The number of aryl methyl sites for hydroxylation is 3. The van der Waals surface area contributed by atoms with Crippen LogP contribution in [0.3, 0.4) is 0 Å². The fourth-order valence-corrected chi connectivity index (χ4v) is 2.45. The minimum absolute atomic E-state index is 0.0844. The van der Waals surface area contributed by atoms with E-state index >= 15 is 0 Å². The molecule has 0 aliphatic heterocycles. The molecular formula is C14H20BrN5O. The zero-order valence-electron chi connectivity index (χ0n) is 12.6. The summed E-state index contributed by atoms with van der Waals surface area (Å²) in [6.07, 6.45) is 6.10. The lowest BCUT2D eigenvalue weighted by Gasteiger charge is -2.16. The van der Waals surface area contributed by atoms with Gasteiger partial charge in [0.2, 0.25) is 5.91 Å². The molecule has 0 aliphatic carbocycles. The third-order valence-electron chi connectivity index (χ3n) is 3.24. The Morgan fingerprint density at radius 1 is 1.38 bits per heavy atom. The van der Waals surface area contributed by atoms with Gasteiger partial charge in [-0.15, -0.1) is 0 Å². The minimum atomic E-state index is 0.0844. The average molecular weight is 354 g/mol. The van der Waals surface area contributed by atoms with Gasteiger partial charge in [0.05, 0.1) is 22.9 Å². The van der Waals surface area contributed by atoms with Crippen LogP contribution in [-0.4, -0.2) is 37.4 Å². The number of halogens is 1. The molecular weight excluding hydrogens is 334 g/mol. The second kappa shape index (κ2) is 6.89. The molecule has 7 heteroatoms. The molecule has 0 saturated carbocycles. The van der Waals surface area contributed by atoms with Crippen LogP contribution in [0, 0.1) is 6.92 Å². The number of hydrogen-bond donors (Lipinski definition) is 0. The Morgan fingerprint density at radius 2 is 2.14 bits per heavy atom. The molecule has 0 unspecified atom stereocenters. The normalized spacial score (nSPS) is 10.9. The van der Waals surface area contributed by atoms with Gasteiger partial charge < -0.3 is 4.90 Å². The largest absolute Gasteiger partial charge is 0.340 e. The van der Waals surface area contributed by atoms with Crippen molar-refractivity contribution < 1.29 is 4.79 Å². The van der Waals surface area contributed by atoms with Crippen molar-refractivity contribution in [3.05, 3.63) is 34.3 Å². The predicted octanol–water partition coefficient (Wildman–Crippen LogP) is 2.22. The van der Waals surface area contributed by atoms with Gasteiger partial charge in [0.15, 0.2) is 0 Å². The van der Waals surface area contributed by atoms with Gasteiger partial charge in [-0.3, -0.25) is 14.2 Å². The summed E-state index contributed by atoms with van der Waals surface area (Å²) in [6, 6.07) is 0. The second-order valence-electron chi connectivity index (χ2n) is 5.06. The molecule has 6 nitrogen and oxygen atoms in total. The molecule has 1 amide bonds. The lowest BCUT2D eigenvalue weighted by atomic mass is 10.3. The van der Waals surface area contributed by atoms with E-state index in [1.807, 2.05) is 30.9 Å². The van der Waals surface area contributed by atoms with Crippen molar-refractivity contribution in [2.75, 3.05) is 7.05 Å². The van der Waals surface area contributed by atoms with Crippen molar-refractivity contribution in [1.82, 2.24) is 24.5 Å². The Balaban J connectivity index is 1.88. The smallest absolute Gasteiger partial charge is 0.224 e. The maximum absolute atomic E-state index is 12.2. The van der Waals surface area contributed by atoms with Crippen LogP contribution in [0.2, 0.25) is 0 Å². The molecule has 2 aromatic rings. The molecule has 0 radical (unpaired) electrons. The van der Waals surface area contributed by atoms with E-state index in [4.69, 9.17) is 0 Å². The van der Waals surface area contributed by atoms with Crippen LogP contribution in [0.4, 0.5) is 0 Å². The van der Waals surface area contributed by atoms with Crippen LogP contribution in [-0.2, 0) is 24.4 Å². The van der Waals surface area contributed by atoms with Crippen molar-refractivity contribution >= 4 is 21.8 Å². The Bertz CT molecular complexity index is 619. The number of amides is 1. The van der Waals surface area contributed by atoms with E-state index in [9.17, 15) is 4.79 Å². The number of aromatic nitrogens is 4. The van der Waals surface area contributed by atoms with E-state index in [0.717, 1.165) is 22.3 Å². The first-order valence-electron chi connectivity index (χ1n) is 6.94. The molecule has 2 rings (SSSR count). The number of carbonyl (C=O) groups is 1. The molecule has 0 aliphatic rings. The highest BCUT2D eigenvalue weighted by Gasteiger charge is 2.14. The summed E-state index contributed by atoms with van der Waals surface area (Å²) in [6.45, 7) is 5.93. The summed E-state index contributed by atoms with van der Waals surface area (Å²) in [7, 11) is 1.80. The zero-order valence-corrected chi connectivity index (χ0v) is 14.2. The van der Waals surface area contributed by atoms with Crippen LogP contribution in [0.25, 0.3) is 0 Å². The number of rotatable bonds is 6. The van der Waals surface area contributed by atoms with E-state index < -0.39 is 0 Å². The van der Waals surface area contributed by atoms with Gasteiger partial charge in [0, 0.05) is 39.0 Å². The van der Waals surface area contributed by atoms with Gasteiger partial charge >= 0.3 is 0 Å². The van der Waals surface area contributed by atoms with E-state index in [2.05, 4.69) is 26.1 Å². The van der Waals surface area contributed by atoms with Crippen molar-refractivity contribution in [3.63, 3.8) is 0 Å². The average Bonchev–Trinajstić information content (AvgIpc) is 3.02. The molecule has 0 bridgehead atoms. The number of carbonyl (C=O) groups excluding carboxylic acids is 1. The topological polar surface area (TPSA) is 56.0 Å². The highest BCUT2D eigenvalue weighted by atomic mass is 79.9. The van der Waals surface area contributed by atoms with Crippen LogP contribution in [0.15, 0.2) is 23.1 Å². The molecule has 114 valence electrons. The van der Waals surface area contributed by atoms with Gasteiger partial charge in [-0.25, -0.2) is 0 Å². The summed E-state index contributed by atoms with van der Waals surface area (Å²) in [5, 5.41) is 8.61. The molecule has 0 atom stereocenters. The first kappa shape index (κ1) is 15.8. The molecule has 0 spiro atoms. The number of nitrogens with zero attached hydrogens (tertiary/aromatic N) is 5. The summed E-state index contributed by atoms with van der Waals surface area (Å²) in [5.41, 5.74) is 1.98. The fourth-order valence-electron chi connectivity index (χ4n) is 2.01. The van der Waals surface area contributed by atoms with E-state index in [0.29, 0.717) is 19.5 Å². The van der Waals surface area contributed by atoms with Gasteiger partial charge in [0.1, 0.15) is 0 Å². The standard InChI is InChI=1S/C14H20BrN5O/c1-4-19-9-12(15)13(17-19)10-18(3)14(21)5-6-20-8-11(2)7-16-20/h7-9H,4-6,10H2,1-3H3. The van der Waals surface area contributed by atoms with Gasteiger partial charge in [-0.1, -0.05) is 0 Å². The Morgan fingerprint density at radius 3 is 2.71 bits per heavy atom. The zero-order chi connectivity index (χ0) is 15.4. The first-order valence-corrected chi connectivity index (χ1v) is 7.73. The molecule has 0 aromatic carbocycles. The van der Waals surface area contributed by atoms with Crippen LogP contribution in [0.5, 0.6) is 0 Å². The van der Waals surface area contributed by atoms with Crippen LogP contribution in [0.1, 0.15) is 24.6 Å². The second-order valence-corrected chi connectivity index (χ2v) is 5.91. The molecule has 2 heterocycles. The maximum Gasteiger partial charge on any atom is 0.224 e. The monoisotopic (exact) mass is 353 g/mol. The molecule has 0 N–H and O–H groups in total. The van der Waals surface area contributed by atoms with E-state index in [-0.39, 0.29) is 5.91 Å². The third kappa shape index (κ3) is 4.17. The highest BCUT2D eigenvalue weighted by Crippen LogP contribution is 2.16. The third-order valence-corrected chi connectivity index (χ3v) is 3.90. The summed E-state index contributed by atoms with van der Waals surface area (Å²) in [4.78, 5) is 13.8. The van der Waals surface area contributed by atoms with Gasteiger partial charge in [0.25, 0.3) is 0 Å². The lowest BCUT2D eigenvalue weighted by Crippen LogP contribution is -2.27. The van der Waals surface area contributed by atoms with Gasteiger partial charge in [-0.2, -0.15) is 10.2 Å². The highest BCUT2D eigenvalue weighted by molar-refractivity contribution is 9.10. The van der Waals surface area contributed by atoms with Gasteiger partial charge in [-0.05, 0) is 35.3 Å². The summed E-state index contributed by atoms with van der Waals surface area (Å²) in [5.74, 6) is 0.0844. The predicted molar refractivity (Wildman–Crippen MR) is 83.7 cm³/mol. The molecule has 0 fully saturated rings. The van der Waals surface area contributed by atoms with Crippen LogP contribution >= 0.6 is 15.9 Å². The minimum Gasteiger partial charge on any atom is -0.340 e. The van der Waals surface area contributed by atoms with Crippen molar-refractivity contribution in [1.29, 1.82) is 0 Å². The fraction of sp³-hybridized carbons (Fsp3) is 0.500. The van der Waals surface area contributed by atoms with Crippen molar-refractivity contribution in [3.8, 4) is 0 Å². The SMILES string of the molecule is CCn1cc(Br)c(CN(C)C(=O)CCn2cc(C)cn2)n1. The number of hydrogen-bond acceptors (Lipinski definition) is 3. The first-order chi connectivity index (χ1) is 9.99. The molecule has 21 heavy (non-hydrogen) atoms. The van der Waals surface area contributed by atoms with Crippen molar-refractivity contribution in [2.45, 2.75) is 39.9 Å². The van der Waals surface area contributed by atoms with E-state index in [1.54, 1.807) is 22.8 Å². The Labute approximate surface area is 132 Å².